The van der Waals surface area contributed by atoms with Crippen LogP contribution in [0.3, 0.4) is 0 Å². The highest BCUT2D eigenvalue weighted by atomic mass is 32.2. The van der Waals surface area contributed by atoms with Crippen LogP contribution in [0.25, 0.3) is 0 Å². The number of sulfonamides is 1. The molecule has 1 aliphatic rings. The number of carboxylic acids is 1. The molecule has 25 heavy (non-hydrogen) atoms. The monoisotopic (exact) mass is 372 g/mol. The molecule has 1 unspecified atom stereocenters. The van der Waals surface area contributed by atoms with Crippen molar-refractivity contribution in [3.63, 3.8) is 0 Å². The molecule has 0 saturated carbocycles. The molecular weight excluding hydrogens is 351 g/mol. The third-order valence-corrected chi connectivity index (χ3v) is 4.67. The van der Waals surface area contributed by atoms with Crippen LogP contribution in [-0.2, 0) is 14.8 Å². The third kappa shape index (κ3) is 5.70. The molecule has 1 aromatic carbocycles. The summed E-state index contributed by atoms with van der Waals surface area (Å²) in [6, 6.07) is 3.54. The highest BCUT2D eigenvalue weighted by Gasteiger charge is 2.25. The normalized spacial score (nSPS) is 18.0. The van der Waals surface area contributed by atoms with Crippen LogP contribution in [-0.4, -0.2) is 49.6 Å². The molecule has 1 atom stereocenters. The quantitative estimate of drug-likeness (QED) is 0.794. The van der Waals surface area contributed by atoms with Gasteiger partial charge in [0.1, 0.15) is 5.82 Å². The largest absolute Gasteiger partial charge is 0.481 e. The van der Waals surface area contributed by atoms with Crippen molar-refractivity contribution < 1.29 is 27.5 Å². The minimum atomic E-state index is -3.66. The Bertz CT molecular complexity index is 766. The summed E-state index contributed by atoms with van der Waals surface area (Å²) in [5, 5.41) is 8.77. The van der Waals surface area contributed by atoms with Crippen LogP contribution in [0.5, 0.6) is 0 Å². The standard InChI is InChI=1S/C16H21FN2O5S/c1-25(23,24)18-14-9-12(5-6-13(14)17)16(22)19-8-2-3-11(10-19)4-7-15(20)21/h5-6,9,11,18H,2-4,7-8,10H2,1H3,(H,20,21). The summed E-state index contributed by atoms with van der Waals surface area (Å²) in [4.78, 5) is 24.9. The van der Waals surface area contributed by atoms with Gasteiger partial charge < -0.3 is 10.0 Å². The van der Waals surface area contributed by atoms with E-state index in [0.29, 0.717) is 19.5 Å². The number of nitrogens with zero attached hydrogens (tertiary/aromatic N) is 1. The van der Waals surface area contributed by atoms with Crippen molar-refractivity contribution in [2.75, 3.05) is 24.1 Å². The van der Waals surface area contributed by atoms with Crippen LogP contribution in [0.1, 0.15) is 36.0 Å². The Balaban J connectivity index is 2.11. The summed E-state index contributed by atoms with van der Waals surface area (Å²) >= 11 is 0. The van der Waals surface area contributed by atoms with E-state index in [1.165, 1.54) is 12.1 Å². The van der Waals surface area contributed by atoms with E-state index in [-0.39, 0.29) is 29.5 Å². The minimum Gasteiger partial charge on any atom is -0.481 e. The highest BCUT2D eigenvalue weighted by molar-refractivity contribution is 7.92. The molecule has 1 aromatic rings. The lowest BCUT2D eigenvalue weighted by Crippen LogP contribution is -2.40. The second kappa shape index (κ2) is 7.81. The number of carbonyl (C=O) groups excluding carboxylic acids is 1. The molecule has 1 saturated heterocycles. The zero-order valence-electron chi connectivity index (χ0n) is 13.9. The smallest absolute Gasteiger partial charge is 0.303 e. The summed E-state index contributed by atoms with van der Waals surface area (Å²) in [6.07, 6.45) is 3.10. The second-order valence-electron chi connectivity index (χ2n) is 6.26. The summed E-state index contributed by atoms with van der Waals surface area (Å²) in [5.41, 5.74) is -0.0841. The summed E-state index contributed by atoms with van der Waals surface area (Å²) in [7, 11) is -3.66. The number of benzene rings is 1. The molecule has 1 amide bonds. The maximum absolute atomic E-state index is 13.7. The van der Waals surface area contributed by atoms with Crippen LogP contribution in [0.2, 0.25) is 0 Å². The molecular formula is C16H21FN2O5S. The van der Waals surface area contributed by atoms with Gasteiger partial charge in [0.05, 0.1) is 11.9 Å². The van der Waals surface area contributed by atoms with E-state index in [1.807, 2.05) is 0 Å². The molecule has 0 aromatic heterocycles. The summed E-state index contributed by atoms with van der Waals surface area (Å²) < 4.78 is 38.4. The molecule has 0 bridgehead atoms. The maximum Gasteiger partial charge on any atom is 0.303 e. The fraction of sp³-hybridized carbons (Fsp3) is 0.500. The van der Waals surface area contributed by atoms with Crippen LogP contribution in [0.15, 0.2) is 18.2 Å². The topological polar surface area (TPSA) is 104 Å². The Morgan fingerprint density at radius 3 is 2.76 bits per heavy atom. The number of nitrogens with one attached hydrogen (secondary N) is 1. The first-order valence-corrected chi connectivity index (χ1v) is 9.83. The Kier molecular flexibility index (Phi) is 5.99. The number of likely N-dealkylation sites (tertiary alicyclic amines) is 1. The summed E-state index contributed by atoms with van der Waals surface area (Å²) in [6.45, 7) is 0.979. The molecule has 1 aliphatic heterocycles. The average Bonchev–Trinajstić information content (AvgIpc) is 2.53. The van der Waals surface area contributed by atoms with E-state index in [9.17, 15) is 22.4 Å². The Hall–Kier alpha value is -2.16. The fourth-order valence-corrected chi connectivity index (χ4v) is 3.49. The van der Waals surface area contributed by atoms with Crippen molar-refractivity contribution in [1.82, 2.24) is 4.90 Å². The zero-order chi connectivity index (χ0) is 18.6. The fourth-order valence-electron chi connectivity index (χ4n) is 2.93. The number of piperidine rings is 1. The molecule has 2 N–H and O–H groups in total. The van der Waals surface area contributed by atoms with E-state index < -0.39 is 21.8 Å². The van der Waals surface area contributed by atoms with Crippen LogP contribution < -0.4 is 4.72 Å². The van der Waals surface area contributed by atoms with Crippen molar-refractivity contribution in [2.45, 2.75) is 25.7 Å². The number of aliphatic carboxylic acids is 1. The van der Waals surface area contributed by atoms with Gasteiger partial charge in [0.2, 0.25) is 10.0 Å². The molecule has 1 heterocycles. The molecule has 0 radical (unpaired) electrons. The van der Waals surface area contributed by atoms with E-state index in [2.05, 4.69) is 4.72 Å². The molecule has 2 rings (SSSR count). The second-order valence-corrected chi connectivity index (χ2v) is 8.01. The Labute approximate surface area is 145 Å². The Morgan fingerprint density at radius 1 is 1.40 bits per heavy atom. The summed E-state index contributed by atoms with van der Waals surface area (Å²) in [5.74, 6) is -1.84. The van der Waals surface area contributed by atoms with Crippen molar-refractivity contribution >= 4 is 27.6 Å². The number of anilines is 1. The first-order chi connectivity index (χ1) is 11.7. The number of amides is 1. The minimum absolute atomic E-state index is 0.0612. The Morgan fingerprint density at radius 2 is 2.12 bits per heavy atom. The van der Waals surface area contributed by atoms with E-state index in [4.69, 9.17) is 5.11 Å². The first-order valence-electron chi connectivity index (χ1n) is 7.94. The molecule has 7 nitrogen and oxygen atoms in total. The first kappa shape index (κ1) is 19.2. The van der Waals surface area contributed by atoms with E-state index >= 15 is 0 Å². The molecule has 9 heteroatoms. The van der Waals surface area contributed by atoms with Gasteiger partial charge in [-0.2, -0.15) is 0 Å². The molecule has 0 spiro atoms. The molecule has 138 valence electrons. The average molecular weight is 372 g/mol. The van der Waals surface area contributed by atoms with Gasteiger partial charge in [-0.05, 0) is 43.4 Å². The predicted molar refractivity (Wildman–Crippen MR) is 90.4 cm³/mol. The van der Waals surface area contributed by atoms with Crippen molar-refractivity contribution in [1.29, 1.82) is 0 Å². The van der Waals surface area contributed by atoms with Gasteiger partial charge in [0, 0.05) is 25.1 Å². The van der Waals surface area contributed by atoms with E-state index in [0.717, 1.165) is 25.2 Å². The van der Waals surface area contributed by atoms with Gasteiger partial charge in [-0.1, -0.05) is 0 Å². The highest BCUT2D eigenvalue weighted by Crippen LogP contribution is 2.24. The number of halogens is 1. The predicted octanol–water partition coefficient (Wildman–Crippen LogP) is 1.91. The maximum atomic E-state index is 13.7. The third-order valence-electron chi connectivity index (χ3n) is 4.08. The lowest BCUT2D eigenvalue weighted by Gasteiger charge is -2.32. The van der Waals surface area contributed by atoms with Gasteiger partial charge in [-0.15, -0.1) is 0 Å². The lowest BCUT2D eigenvalue weighted by molar-refractivity contribution is -0.137. The van der Waals surface area contributed by atoms with E-state index in [1.54, 1.807) is 4.90 Å². The molecule has 1 fully saturated rings. The number of carboxylic acid groups (broad SMARTS) is 1. The van der Waals surface area contributed by atoms with Crippen LogP contribution >= 0.6 is 0 Å². The van der Waals surface area contributed by atoms with Gasteiger partial charge >= 0.3 is 5.97 Å². The van der Waals surface area contributed by atoms with Gasteiger partial charge in [0.25, 0.3) is 5.91 Å². The molecule has 0 aliphatic carbocycles. The van der Waals surface area contributed by atoms with Crippen molar-refractivity contribution in [3.8, 4) is 0 Å². The van der Waals surface area contributed by atoms with Gasteiger partial charge in [-0.25, -0.2) is 12.8 Å². The number of carbonyl (C=O) groups is 2. The lowest BCUT2D eigenvalue weighted by atomic mass is 9.93. The zero-order valence-corrected chi connectivity index (χ0v) is 14.7. The van der Waals surface area contributed by atoms with Crippen LogP contribution in [0, 0.1) is 11.7 Å². The van der Waals surface area contributed by atoms with Gasteiger partial charge in [-0.3, -0.25) is 14.3 Å². The number of hydrogen-bond acceptors (Lipinski definition) is 4. The van der Waals surface area contributed by atoms with Crippen molar-refractivity contribution in [3.05, 3.63) is 29.6 Å². The van der Waals surface area contributed by atoms with Gasteiger partial charge in [0.15, 0.2) is 0 Å². The van der Waals surface area contributed by atoms with Crippen molar-refractivity contribution in [2.24, 2.45) is 5.92 Å². The number of rotatable bonds is 6. The SMILES string of the molecule is CS(=O)(=O)Nc1cc(C(=O)N2CCCC(CCC(=O)O)C2)ccc1F. The number of hydrogen-bond donors (Lipinski definition) is 2. The van der Waals surface area contributed by atoms with Crippen LogP contribution in [0.4, 0.5) is 10.1 Å².